The number of benzene rings is 2. The molecule has 1 aromatic heterocycles. The number of aryl methyl sites for hydroxylation is 2. The van der Waals surface area contributed by atoms with E-state index in [4.69, 9.17) is 28.2 Å². The van der Waals surface area contributed by atoms with E-state index in [9.17, 15) is 14.9 Å². The SMILES string of the molecule is Cc1cc(-c2ccc(/C=C3\SC(=S)N(c4ccc(Br)c(Cl)c4)C3=O)o2)c([N+](=O)[O-])cc1C. The molecule has 0 spiro atoms. The van der Waals surface area contributed by atoms with Gasteiger partial charge >= 0.3 is 0 Å². The normalized spacial score (nSPS) is 15.1. The van der Waals surface area contributed by atoms with Crippen LogP contribution >= 0.6 is 51.5 Å². The van der Waals surface area contributed by atoms with Crippen molar-refractivity contribution in [2.24, 2.45) is 0 Å². The van der Waals surface area contributed by atoms with Crippen LogP contribution in [0.4, 0.5) is 11.4 Å². The maximum atomic E-state index is 13.0. The monoisotopic (exact) mass is 548 g/mol. The quantitative estimate of drug-likeness (QED) is 0.147. The fourth-order valence-electron chi connectivity index (χ4n) is 3.17. The highest BCUT2D eigenvalue weighted by Gasteiger charge is 2.34. The van der Waals surface area contributed by atoms with Crippen LogP contribution in [0.1, 0.15) is 16.9 Å². The third-order valence-corrected chi connectivity index (χ3v) is 7.46. The Bertz CT molecular complexity index is 1340. The minimum absolute atomic E-state index is 0.0348. The molecule has 1 fully saturated rings. The lowest BCUT2D eigenvalue weighted by Crippen LogP contribution is -2.27. The van der Waals surface area contributed by atoms with Crippen LogP contribution < -0.4 is 4.90 Å². The van der Waals surface area contributed by atoms with Gasteiger partial charge in [0.15, 0.2) is 4.32 Å². The molecule has 1 aliphatic heterocycles. The summed E-state index contributed by atoms with van der Waals surface area (Å²) >= 11 is 16.0. The Hall–Kier alpha value is -2.46. The van der Waals surface area contributed by atoms with Crippen LogP contribution in [0, 0.1) is 24.0 Å². The minimum Gasteiger partial charge on any atom is -0.456 e. The summed E-state index contributed by atoms with van der Waals surface area (Å²) in [5.41, 5.74) is 2.65. The molecule has 0 radical (unpaired) electrons. The molecule has 0 aliphatic carbocycles. The van der Waals surface area contributed by atoms with Crippen LogP contribution in [0.25, 0.3) is 17.4 Å². The number of nitro benzene ring substituents is 1. The second kappa shape index (κ2) is 8.82. The topological polar surface area (TPSA) is 76.6 Å². The number of hydrogen-bond acceptors (Lipinski definition) is 6. The first-order valence-electron chi connectivity index (χ1n) is 9.24. The number of carbonyl (C=O) groups excluding carboxylic acids is 1. The number of halogens is 2. The van der Waals surface area contributed by atoms with Gasteiger partial charge in [-0.15, -0.1) is 0 Å². The second-order valence-electron chi connectivity index (χ2n) is 7.03. The minimum atomic E-state index is -0.432. The summed E-state index contributed by atoms with van der Waals surface area (Å²) in [5, 5.41) is 12.0. The van der Waals surface area contributed by atoms with Crippen molar-refractivity contribution >= 4 is 79.2 Å². The maximum absolute atomic E-state index is 13.0. The van der Waals surface area contributed by atoms with E-state index in [1.807, 2.05) is 13.8 Å². The summed E-state index contributed by atoms with van der Waals surface area (Å²) in [6.45, 7) is 3.70. The number of thiocarbonyl (C=S) groups is 1. The average molecular weight is 550 g/mol. The third kappa shape index (κ3) is 4.25. The molecule has 0 bridgehead atoms. The van der Waals surface area contributed by atoms with Crippen LogP contribution in [0.15, 0.2) is 56.3 Å². The van der Waals surface area contributed by atoms with Crippen molar-refractivity contribution in [3.8, 4) is 11.3 Å². The summed E-state index contributed by atoms with van der Waals surface area (Å²) in [4.78, 5) is 25.8. The van der Waals surface area contributed by atoms with Crippen LogP contribution in [0.3, 0.4) is 0 Å². The molecule has 32 heavy (non-hydrogen) atoms. The summed E-state index contributed by atoms with van der Waals surface area (Å²) < 4.78 is 6.93. The molecule has 162 valence electrons. The van der Waals surface area contributed by atoms with Crippen molar-refractivity contribution in [3.05, 3.63) is 83.9 Å². The van der Waals surface area contributed by atoms with E-state index in [1.54, 1.807) is 42.5 Å². The largest absolute Gasteiger partial charge is 0.456 e. The lowest BCUT2D eigenvalue weighted by Gasteiger charge is -2.15. The molecule has 1 amide bonds. The number of rotatable bonds is 4. The third-order valence-electron chi connectivity index (χ3n) is 4.93. The van der Waals surface area contributed by atoms with E-state index in [2.05, 4.69) is 15.9 Å². The number of nitro groups is 1. The predicted octanol–water partition coefficient (Wildman–Crippen LogP) is 7.29. The van der Waals surface area contributed by atoms with Gasteiger partial charge in [0.25, 0.3) is 11.6 Å². The Morgan fingerprint density at radius 3 is 2.59 bits per heavy atom. The van der Waals surface area contributed by atoms with Gasteiger partial charge in [-0.25, -0.2) is 0 Å². The van der Waals surface area contributed by atoms with Gasteiger partial charge in [-0.1, -0.05) is 35.6 Å². The second-order valence-corrected chi connectivity index (χ2v) is 9.97. The highest BCUT2D eigenvalue weighted by atomic mass is 79.9. The smallest absolute Gasteiger partial charge is 0.280 e. The van der Waals surface area contributed by atoms with Gasteiger partial charge in [0.2, 0.25) is 0 Å². The first-order chi connectivity index (χ1) is 15.2. The Kier molecular flexibility index (Phi) is 6.26. The molecule has 0 atom stereocenters. The van der Waals surface area contributed by atoms with Gasteiger partial charge in [-0.3, -0.25) is 19.8 Å². The first kappa shape index (κ1) is 22.7. The van der Waals surface area contributed by atoms with E-state index >= 15 is 0 Å². The maximum Gasteiger partial charge on any atom is 0.280 e. The molecule has 0 unspecified atom stereocenters. The molecule has 2 heterocycles. The Balaban J connectivity index is 1.66. The van der Waals surface area contributed by atoms with Crippen LogP contribution in [-0.4, -0.2) is 15.2 Å². The first-order valence-corrected chi connectivity index (χ1v) is 11.6. The van der Waals surface area contributed by atoms with Crippen molar-refractivity contribution < 1.29 is 14.1 Å². The Morgan fingerprint density at radius 2 is 1.91 bits per heavy atom. The highest BCUT2D eigenvalue weighted by Crippen LogP contribution is 2.39. The summed E-state index contributed by atoms with van der Waals surface area (Å²) in [5.74, 6) is 0.441. The zero-order valence-corrected chi connectivity index (χ0v) is 20.7. The van der Waals surface area contributed by atoms with Gasteiger partial charge in [-0.2, -0.15) is 0 Å². The summed E-state index contributed by atoms with van der Waals surface area (Å²) in [6, 6.07) is 11.7. The van der Waals surface area contributed by atoms with Crippen molar-refractivity contribution in [3.63, 3.8) is 0 Å². The summed E-state index contributed by atoms with van der Waals surface area (Å²) in [6.07, 6.45) is 1.58. The van der Waals surface area contributed by atoms with E-state index in [0.717, 1.165) is 22.9 Å². The molecule has 0 saturated carbocycles. The van der Waals surface area contributed by atoms with E-state index in [0.29, 0.717) is 41.5 Å². The van der Waals surface area contributed by atoms with Crippen molar-refractivity contribution in [1.82, 2.24) is 0 Å². The zero-order valence-electron chi connectivity index (χ0n) is 16.7. The molecule has 1 saturated heterocycles. The lowest BCUT2D eigenvalue weighted by atomic mass is 10.0. The zero-order chi connectivity index (χ0) is 23.2. The molecule has 6 nitrogen and oxygen atoms in total. The van der Waals surface area contributed by atoms with Gasteiger partial charge in [0.05, 0.1) is 26.1 Å². The number of nitrogens with zero attached hydrogens (tertiary/aromatic N) is 2. The van der Waals surface area contributed by atoms with Gasteiger partial charge in [-0.05, 0) is 77.3 Å². The molecular formula is C22H14BrClN2O4S2. The molecule has 10 heteroatoms. The highest BCUT2D eigenvalue weighted by molar-refractivity contribution is 9.10. The van der Waals surface area contributed by atoms with Crippen molar-refractivity contribution in [2.45, 2.75) is 13.8 Å². The number of hydrogen-bond donors (Lipinski definition) is 0. The molecule has 1 aliphatic rings. The predicted molar refractivity (Wildman–Crippen MR) is 135 cm³/mol. The van der Waals surface area contributed by atoms with Crippen molar-refractivity contribution in [2.75, 3.05) is 4.90 Å². The fraction of sp³-hybridized carbons (Fsp3) is 0.0909. The number of amides is 1. The number of anilines is 1. The molecular weight excluding hydrogens is 536 g/mol. The standard InChI is InChI=1S/C22H14BrClN2O4S2/c1-11-7-15(18(26(28)29)8-12(11)2)19-6-4-14(30-19)10-20-21(27)25(22(31)32-20)13-3-5-16(23)17(24)9-13/h3-10H,1-2H3/b20-10-. The van der Waals surface area contributed by atoms with E-state index < -0.39 is 4.92 Å². The average Bonchev–Trinajstić information content (AvgIpc) is 3.30. The molecule has 4 rings (SSSR count). The number of thioether (sulfide) groups is 1. The van der Waals surface area contributed by atoms with Gasteiger partial charge in [0, 0.05) is 16.6 Å². The van der Waals surface area contributed by atoms with Crippen LogP contribution in [-0.2, 0) is 4.79 Å². The Labute approximate surface area is 206 Å². The van der Waals surface area contributed by atoms with Crippen LogP contribution in [0.5, 0.6) is 0 Å². The van der Waals surface area contributed by atoms with Gasteiger partial charge in [0.1, 0.15) is 11.5 Å². The van der Waals surface area contributed by atoms with E-state index in [1.165, 1.54) is 11.0 Å². The van der Waals surface area contributed by atoms with Crippen LogP contribution in [0.2, 0.25) is 5.02 Å². The molecule has 3 aromatic rings. The summed E-state index contributed by atoms with van der Waals surface area (Å²) in [7, 11) is 0. The molecule has 2 aromatic carbocycles. The number of carbonyl (C=O) groups is 1. The fourth-order valence-corrected chi connectivity index (χ4v) is 4.87. The lowest BCUT2D eigenvalue weighted by molar-refractivity contribution is -0.384. The Morgan fingerprint density at radius 1 is 1.19 bits per heavy atom. The molecule has 0 N–H and O–H groups in total. The van der Waals surface area contributed by atoms with E-state index in [-0.39, 0.29) is 11.6 Å². The van der Waals surface area contributed by atoms with Gasteiger partial charge < -0.3 is 4.42 Å². The number of furan rings is 1. The van der Waals surface area contributed by atoms with Crippen molar-refractivity contribution in [1.29, 1.82) is 0 Å².